The van der Waals surface area contributed by atoms with E-state index in [0.717, 1.165) is 32.1 Å². The molecule has 2 aliphatic heterocycles. The molecule has 1 aromatic rings. The highest BCUT2D eigenvalue weighted by Crippen LogP contribution is 2.56. The molecule has 1 saturated carbocycles. The molecule has 31 heavy (non-hydrogen) atoms. The average molecular weight is 448 g/mol. The highest BCUT2D eigenvalue weighted by Gasteiger charge is 2.63. The van der Waals surface area contributed by atoms with Gasteiger partial charge in [-0.2, -0.15) is 0 Å². The number of rotatable bonds is 2. The number of carbonyl (C=O) groups is 3. The first-order valence-electron chi connectivity index (χ1n) is 10.9. The predicted molar refractivity (Wildman–Crippen MR) is 119 cm³/mol. The third kappa shape index (κ3) is 3.62. The molecule has 1 aliphatic carbocycles. The number of nitrogens with zero attached hydrogens (tertiary/aromatic N) is 2. The Hall–Kier alpha value is -2.09. The van der Waals surface area contributed by atoms with Gasteiger partial charge in [-0.3, -0.25) is 14.4 Å². The van der Waals surface area contributed by atoms with Gasteiger partial charge in [-0.25, -0.2) is 4.39 Å². The van der Waals surface area contributed by atoms with Crippen LogP contribution >= 0.6 is 11.8 Å². The summed E-state index contributed by atoms with van der Waals surface area (Å²) in [6.07, 6.45) is 4.52. The number of halogens is 1. The molecule has 1 spiro atoms. The van der Waals surface area contributed by atoms with Crippen molar-refractivity contribution < 1.29 is 18.8 Å². The molecular weight excluding hydrogens is 417 g/mol. The van der Waals surface area contributed by atoms with Crippen molar-refractivity contribution in [2.45, 2.75) is 69.3 Å². The van der Waals surface area contributed by atoms with E-state index in [1.54, 1.807) is 13.1 Å². The zero-order chi connectivity index (χ0) is 22.6. The average Bonchev–Trinajstić information content (AvgIpc) is 3.21. The van der Waals surface area contributed by atoms with Crippen molar-refractivity contribution in [3.8, 4) is 0 Å². The van der Waals surface area contributed by atoms with E-state index in [9.17, 15) is 18.8 Å². The van der Waals surface area contributed by atoms with Crippen LogP contribution in [0.2, 0.25) is 0 Å². The lowest BCUT2D eigenvalue weighted by Crippen LogP contribution is -2.59. The Kier molecular flexibility index (Phi) is 5.56. The van der Waals surface area contributed by atoms with Crippen molar-refractivity contribution in [2.24, 2.45) is 5.92 Å². The number of benzene rings is 1. The highest BCUT2D eigenvalue weighted by molar-refractivity contribution is 8.01. The zero-order valence-electron chi connectivity index (χ0n) is 18.5. The zero-order valence-corrected chi connectivity index (χ0v) is 19.4. The van der Waals surface area contributed by atoms with Crippen molar-refractivity contribution >= 4 is 35.2 Å². The number of thioether (sulfide) groups is 1. The van der Waals surface area contributed by atoms with Crippen LogP contribution in [-0.4, -0.2) is 47.0 Å². The smallest absolute Gasteiger partial charge is 0.268 e. The molecule has 4 rings (SSSR count). The molecule has 2 heterocycles. The topological polar surface area (TPSA) is 69.7 Å². The molecule has 0 radical (unpaired) electrons. The van der Waals surface area contributed by atoms with E-state index < -0.39 is 22.3 Å². The number of nitrogens with one attached hydrogen (secondary N) is 1. The van der Waals surface area contributed by atoms with Gasteiger partial charge in [0.25, 0.3) is 5.91 Å². The quantitative estimate of drug-likeness (QED) is 0.755. The summed E-state index contributed by atoms with van der Waals surface area (Å²) >= 11 is 1.26. The van der Waals surface area contributed by atoms with Crippen molar-refractivity contribution in [3.63, 3.8) is 0 Å². The minimum atomic E-state index is -1.40. The second-order valence-corrected chi connectivity index (χ2v) is 11.0. The van der Waals surface area contributed by atoms with E-state index in [2.05, 4.69) is 5.32 Å². The van der Waals surface area contributed by atoms with Gasteiger partial charge in [-0.05, 0) is 51.8 Å². The van der Waals surface area contributed by atoms with E-state index in [4.69, 9.17) is 0 Å². The number of hydrogen-bond acceptors (Lipinski definition) is 4. The third-order valence-corrected chi connectivity index (χ3v) is 7.86. The van der Waals surface area contributed by atoms with Gasteiger partial charge < -0.3 is 15.1 Å². The maximum atomic E-state index is 14.3. The number of hydrogen-bond donors (Lipinski definition) is 1. The van der Waals surface area contributed by atoms with Crippen LogP contribution in [0.4, 0.5) is 10.1 Å². The third-order valence-electron chi connectivity index (χ3n) is 6.37. The molecule has 2 atom stereocenters. The first-order valence-corrected chi connectivity index (χ1v) is 11.9. The molecule has 0 aromatic heterocycles. The molecule has 6 nitrogen and oxygen atoms in total. The summed E-state index contributed by atoms with van der Waals surface area (Å²) in [5, 5.41) is 2.97. The van der Waals surface area contributed by atoms with Crippen LogP contribution in [0.1, 0.15) is 58.4 Å². The van der Waals surface area contributed by atoms with Gasteiger partial charge >= 0.3 is 0 Å². The molecule has 3 aliphatic rings. The molecule has 8 heteroatoms. The van der Waals surface area contributed by atoms with E-state index in [1.165, 1.54) is 33.7 Å². The minimum Gasteiger partial charge on any atom is -0.350 e. The molecule has 0 bridgehead atoms. The largest absolute Gasteiger partial charge is 0.350 e. The van der Waals surface area contributed by atoms with Crippen LogP contribution < -0.4 is 10.2 Å². The second kappa shape index (κ2) is 7.80. The maximum absolute atomic E-state index is 14.3. The van der Waals surface area contributed by atoms with Crippen LogP contribution in [0.25, 0.3) is 0 Å². The van der Waals surface area contributed by atoms with Gasteiger partial charge in [-0.15, -0.1) is 11.8 Å². The van der Waals surface area contributed by atoms with E-state index in [1.807, 2.05) is 20.8 Å². The van der Waals surface area contributed by atoms with Crippen LogP contribution in [-0.2, 0) is 19.3 Å². The van der Waals surface area contributed by atoms with Gasteiger partial charge in [-0.1, -0.05) is 19.3 Å². The summed E-state index contributed by atoms with van der Waals surface area (Å²) in [5.74, 6) is -1.14. The van der Waals surface area contributed by atoms with Crippen molar-refractivity contribution in [1.82, 2.24) is 10.2 Å². The molecule has 1 saturated heterocycles. The van der Waals surface area contributed by atoms with Gasteiger partial charge in [0.1, 0.15) is 11.9 Å². The second-order valence-electron chi connectivity index (χ2n) is 9.78. The summed E-state index contributed by atoms with van der Waals surface area (Å²) < 4.78 is 14.3. The number of anilines is 1. The van der Waals surface area contributed by atoms with Gasteiger partial charge in [0.05, 0.1) is 5.69 Å². The summed E-state index contributed by atoms with van der Waals surface area (Å²) in [4.78, 5) is 42.3. The normalized spacial score (nSPS) is 26.5. The van der Waals surface area contributed by atoms with Crippen molar-refractivity contribution in [3.05, 3.63) is 29.6 Å². The lowest BCUT2D eigenvalue weighted by Gasteiger charge is -2.39. The Balaban J connectivity index is 1.82. The lowest BCUT2D eigenvalue weighted by atomic mass is 9.87. The first-order chi connectivity index (χ1) is 14.6. The Morgan fingerprint density at radius 2 is 1.87 bits per heavy atom. The fourth-order valence-electron chi connectivity index (χ4n) is 4.96. The predicted octanol–water partition coefficient (Wildman–Crippen LogP) is 3.39. The Bertz CT molecular complexity index is 925. The van der Waals surface area contributed by atoms with Crippen LogP contribution in [0.5, 0.6) is 0 Å². The molecule has 2 fully saturated rings. The SMILES string of the molecule is CN1C(=O)C2(SCC(C(=O)NC(C)(C)C)N2C(=O)C2CCCCC2)c2cc(F)ccc21. The Morgan fingerprint density at radius 1 is 1.19 bits per heavy atom. The van der Waals surface area contributed by atoms with E-state index in [-0.39, 0.29) is 29.4 Å². The molecule has 1 N–H and O–H groups in total. The van der Waals surface area contributed by atoms with Gasteiger partial charge in [0.15, 0.2) is 4.87 Å². The first kappa shape index (κ1) is 22.1. The highest BCUT2D eigenvalue weighted by atomic mass is 32.2. The monoisotopic (exact) mass is 447 g/mol. The number of carbonyl (C=O) groups excluding carboxylic acids is 3. The van der Waals surface area contributed by atoms with Crippen molar-refractivity contribution in [1.29, 1.82) is 0 Å². The Labute approximate surface area is 186 Å². The van der Waals surface area contributed by atoms with Crippen LogP contribution in [0.15, 0.2) is 18.2 Å². The molecular formula is C23H30FN3O3S. The van der Waals surface area contributed by atoms with E-state index in [0.29, 0.717) is 11.3 Å². The minimum absolute atomic E-state index is 0.169. The van der Waals surface area contributed by atoms with Crippen LogP contribution in [0, 0.1) is 11.7 Å². The van der Waals surface area contributed by atoms with Crippen molar-refractivity contribution in [2.75, 3.05) is 17.7 Å². The van der Waals surface area contributed by atoms with Gasteiger partial charge in [0, 0.05) is 29.8 Å². The molecule has 1 aromatic carbocycles. The maximum Gasteiger partial charge on any atom is 0.268 e. The summed E-state index contributed by atoms with van der Waals surface area (Å²) in [6.45, 7) is 5.65. The fraction of sp³-hybridized carbons (Fsp3) is 0.609. The number of amides is 3. The molecule has 3 amide bonds. The van der Waals surface area contributed by atoms with Gasteiger partial charge in [0.2, 0.25) is 11.8 Å². The lowest BCUT2D eigenvalue weighted by molar-refractivity contribution is -0.151. The van der Waals surface area contributed by atoms with Crippen LogP contribution in [0.3, 0.4) is 0 Å². The Morgan fingerprint density at radius 3 is 2.52 bits per heavy atom. The fourth-order valence-corrected chi connectivity index (χ4v) is 6.60. The van der Waals surface area contributed by atoms with E-state index >= 15 is 0 Å². The standard InChI is InChI=1S/C23H30FN3O3S/c1-22(2,3)25-19(28)18-13-31-23(27(18)20(29)14-8-6-5-7-9-14)16-12-15(24)10-11-17(16)26(4)21(23)30/h10-12,14,18H,5-9,13H2,1-4H3,(H,25,28). The summed E-state index contributed by atoms with van der Waals surface area (Å²) in [5.41, 5.74) is 0.565. The summed E-state index contributed by atoms with van der Waals surface area (Å²) in [6, 6.07) is 3.45. The number of fused-ring (bicyclic) bond motifs is 2. The molecule has 168 valence electrons. The summed E-state index contributed by atoms with van der Waals surface area (Å²) in [7, 11) is 1.64. The molecule has 2 unspecified atom stereocenters. The number of likely N-dealkylation sites (N-methyl/N-ethyl adjacent to an activating group) is 1.